The van der Waals surface area contributed by atoms with Crippen molar-refractivity contribution in [3.8, 4) is 22.5 Å². The largest absolute Gasteiger partial charge is 0.458 e. The SMILES string of the molecule is [2H]CC1OC(N2C=C(C)C(NCCCOCCOCCOCCCNC(=O)OCCN(C)C(=O)c3ccccc3-c3c4cc(C)c(=O)cc-4oc4cc(C)c(C)cc34)NC2=O)CC1OC(=O)COCC(=O)NCCCC.[3H]OC. The molecule has 3 aliphatic heterocycles. The Morgan fingerprint density at radius 2 is 1.55 bits per heavy atom. The normalized spacial score (nSPS) is 17.4. The van der Waals surface area contributed by atoms with Crippen LogP contribution in [0.15, 0.2) is 69.5 Å². The van der Waals surface area contributed by atoms with Crippen LogP contribution in [0.25, 0.3) is 33.4 Å². The minimum Gasteiger partial charge on any atom is -0.458 e. The number of benzene rings is 3. The maximum absolute atomic E-state index is 13.9. The van der Waals surface area contributed by atoms with Crippen LogP contribution in [0.3, 0.4) is 0 Å². The third kappa shape index (κ3) is 18.3. The number of carbonyl (C=O) groups excluding carboxylic acids is 5. The molecule has 422 valence electrons. The Morgan fingerprint density at radius 1 is 0.857 bits per heavy atom. The molecule has 2 aromatic carbocycles. The number of nitrogens with zero attached hydrogens (tertiary/aromatic N) is 2. The lowest BCUT2D eigenvalue weighted by molar-refractivity contribution is -0.157. The van der Waals surface area contributed by atoms with E-state index in [-0.39, 0.29) is 50.3 Å². The predicted molar refractivity (Wildman–Crippen MR) is 288 cm³/mol. The number of rotatable bonds is 29. The van der Waals surface area contributed by atoms with Gasteiger partial charge in [0, 0.05) is 82.6 Å². The lowest BCUT2D eigenvalue weighted by atomic mass is 9.88. The molecule has 4 aliphatic rings. The quantitative estimate of drug-likeness (QED) is 0.0254. The van der Waals surface area contributed by atoms with E-state index >= 15 is 0 Å². The summed E-state index contributed by atoms with van der Waals surface area (Å²) in [5.74, 6) is -0.806. The Labute approximate surface area is 453 Å². The molecule has 0 bridgehead atoms. The number of urea groups is 1. The maximum Gasteiger partial charge on any atom is 0.407 e. The Balaban J connectivity index is 0.00000374. The second-order valence-electron chi connectivity index (χ2n) is 18.6. The van der Waals surface area contributed by atoms with E-state index < -0.39 is 49.3 Å². The highest BCUT2D eigenvalue weighted by atomic mass is 16.6. The number of ether oxygens (including phenoxy) is 7. The number of aryl methyl sites for hydroxylation is 3. The Morgan fingerprint density at radius 3 is 2.27 bits per heavy atom. The third-order valence-electron chi connectivity index (χ3n) is 12.7. The van der Waals surface area contributed by atoms with Crippen LogP contribution in [-0.4, -0.2) is 171 Å². The van der Waals surface area contributed by atoms with E-state index in [4.69, 9.17) is 40.4 Å². The Kier molecular flexibility index (Phi) is 24.0. The van der Waals surface area contributed by atoms with Gasteiger partial charge in [-0.3, -0.25) is 24.6 Å². The van der Waals surface area contributed by atoms with Crippen LogP contribution in [0.4, 0.5) is 9.59 Å². The molecule has 6 rings (SSSR count). The van der Waals surface area contributed by atoms with E-state index in [0.717, 1.165) is 46.1 Å². The van der Waals surface area contributed by atoms with Gasteiger partial charge in [0.25, 0.3) is 5.91 Å². The van der Waals surface area contributed by atoms with Gasteiger partial charge in [-0.2, -0.15) is 0 Å². The maximum atomic E-state index is 13.9. The van der Waals surface area contributed by atoms with Crippen molar-refractivity contribution in [1.29, 1.82) is 1.43 Å². The fourth-order valence-electron chi connectivity index (χ4n) is 8.40. The molecule has 0 spiro atoms. The monoisotopic (exact) mass is 1080 g/mol. The standard InChI is InChI=1S/C55H74N6O14.CH4O/c1-8-9-16-56-48(63)33-71-34-50(64)75-45-31-49(73-39(45)6)61-32-38(5)52(59-54(61)66)57-17-12-20-68-23-25-70-26-24-69-21-13-18-58-55(67)72-22-19-60(7)53(65)41-15-11-10-14-40(41)51-42-27-35(2)36(3)29-46(42)74-47-30-44(62)37(4)28-43(47)51;1-2/h10-11,14-15,27-30,32,39,45,49,52,57H,8-9,12-13,16-26,31,33-34H2,1-7H3,(H,56,63)(H,58,67)(H,59,66);2H,1H3/i6D;2T. The molecule has 3 heterocycles. The Bertz CT molecular complexity index is 2690. The summed E-state index contributed by atoms with van der Waals surface area (Å²) >= 11 is 0. The highest BCUT2D eigenvalue weighted by Crippen LogP contribution is 2.42. The zero-order chi connectivity index (χ0) is 57.3. The molecule has 4 unspecified atom stereocenters. The first-order valence-electron chi connectivity index (χ1n) is 27.2. The number of hydrogen-bond acceptors (Lipinski definition) is 16. The summed E-state index contributed by atoms with van der Waals surface area (Å²) < 4.78 is 58.7. The van der Waals surface area contributed by atoms with Gasteiger partial charge in [0.05, 0.1) is 39.1 Å². The summed E-state index contributed by atoms with van der Waals surface area (Å²) in [5.41, 5.74) is 6.70. The molecule has 2 aromatic rings. The summed E-state index contributed by atoms with van der Waals surface area (Å²) in [4.78, 5) is 79.3. The van der Waals surface area contributed by atoms with Crippen LogP contribution in [0, 0.1) is 20.8 Å². The predicted octanol–water partition coefficient (Wildman–Crippen LogP) is 5.55. The van der Waals surface area contributed by atoms with Gasteiger partial charge in [-0.15, -0.1) is 0 Å². The molecule has 1 saturated heterocycles. The van der Waals surface area contributed by atoms with Crippen molar-refractivity contribution in [3.63, 3.8) is 0 Å². The van der Waals surface area contributed by atoms with Gasteiger partial charge in [-0.1, -0.05) is 31.5 Å². The van der Waals surface area contributed by atoms with Crippen molar-refractivity contribution in [2.75, 3.05) is 99.8 Å². The summed E-state index contributed by atoms with van der Waals surface area (Å²) in [6, 6.07) is 14.3. The molecule has 0 aromatic heterocycles. The molecular formula is C56H78N6O15. The van der Waals surface area contributed by atoms with E-state index in [9.17, 15) is 28.8 Å². The first kappa shape index (κ1) is 58.2. The van der Waals surface area contributed by atoms with Gasteiger partial charge in [0.15, 0.2) is 5.43 Å². The van der Waals surface area contributed by atoms with Crippen molar-refractivity contribution >= 4 is 40.9 Å². The summed E-state index contributed by atoms with van der Waals surface area (Å²) in [5, 5.41) is 16.0. The zero-order valence-electron chi connectivity index (χ0n) is 47.5. The van der Waals surface area contributed by atoms with Gasteiger partial charge in [0.2, 0.25) is 7.34 Å². The van der Waals surface area contributed by atoms with Crippen LogP contribution in [0.2, 0.25) is 0 Å². The van der Waals surface area contributed by atoms with E-state index in [1.807, 2.05) is 58.0 Å². The van der Waals surface area contributed by atoms with E-state index in [2.05, 4.69) is 32.4 Å². The molecule has 4 atom stereocenters. The molecule has 1 fully saturated rings. The number of nitrogens with one attached hydrogen (secondary N) is 4. The summed E-state index contributed by atoms with van der Waals surface area (Å²) in [7, 11) is 2.95. The number of likely N-dealkylation sites (N-methyl/N-ethyl adjacent to an activating group) is 1. The minimum atomic E-state index is -0.751. The van der Waals surface area contributed by atoms with Crippen LogP contribution in [-0.2, 0) is 42.7 Å². The van der Waals surface area contributed by atoms with Crippen LogP contribution >= 0.6 is 0 Å². The number of carbonyl (C=O) groups is 5. The summed E-state index contributed by atoms with van der Waals surface area (Å²) in [6.45, 7) is 12.9. The smallest absolute Gasteiger partial charge is 0.407 e. The van der Waals surface area contributed by atoms with Gasteiger partial charge in [-0.05, 0) is 112 Å². The van der Waals surface area contributed by atoms with Crippen LogP contribution < -0.4 is 26.7 Å². The number of esters is 1. The fourth-order valence-corrected chi connectivity index (χ4v) is 8.40. The fraction of sp³-hybridized carbons (Fsp3) is 0.536. The van der Waals surface area contributed by atoms with Crippen LogP contribution in [0.5, 0.6) is 0 Å². The van der Waals surface area contributed by atoms with Gasteiger partial charge in [0.1, 0.15) is 49.7 Å². The van der Waals surface area contributed by atoms with E-state index in [0.29, 0.717) is 100 Å². The molecular weight excluding hydrogens is 997 g/mol. The van der Waals surface area contributed by atoms with Crippen molar-refractivity contribution in [2.24, 2.45) is 0 Å². The highest BCUT2D eigenvalue weighted by molar-refractivity contribution is 6.09. The molecule has 21 nitrogen and oxygen atoms in total. The number of aliphatic hydroxyl groups is 1. The number of fused-ring (bicyclic) bond motifs is 2. The van der Waals surface area contributed by atoms with Gasteiger partial charge in [-0.25, -0.2) is 14.4 Å². The number of alkyl carbamates (subject to hydrolysis) is 1. The van der Waals surface area contributed by atoms with Crippen molar-refractivity contribution in [1.82, 2.24) is 31.1 Å². The highest BCUT2D eigenvalue weighted by Gasteiger charge is 2.41. The van der Waals surface area contributed by atoms with E-state index in [1.165, 1.54) is 23.0 Å². The number of hydrogen-bond donors (Lipinski definition) is 5. The minimum absolute atomic E-state index is 0.0120. The van der Waals surface area contributed by atoms with Gasteiger partial charge < -0.3 is 63.5 Å². The second kappa shape index (κ2) is 31.7. The zero-order valence-corrected chi connectivity index (χ0v) is 45.5. The number of aliphatic hydroxyl groups excluding tert-OH is 1. The molecule has 21 heteroatoms. The van der Waals surface area contributed by atoms with Crippen molar-refractivity contribution in [3.05, 3.63) is 92.8 Å². The lowest BCUT2D eigenvalue weighted by Crippen LogP contribution is -2.56. The summed E-state index contributed by atoms with van der Waals surface area (Å²) in [6.07, 6.45) is 1.70. The van der Waals surface area contributed by atoms with E-state index in [1.54, 1.807) is 26.2 Å². The average Bonchev–Trinajstić information content (AvgIpc) is 3.90. The molecule has 0 saturated carbocycles. The molecule has 5 amide bonds. The average molecular weight is 1080 g/mol. The number of amides is 5. The number of unbranched alkanes of at least 4 members (excludes halogenated alkanes) is 1. The second-order valence-corrected chi connectivity index (χ2v) is 18.6. The first-order valence-corrected chi connectivity index (χ1v) is 26.1. The molecule has 0 radical (unpaired) electrons. The van der Waals surface area contributed by atoms with Crippen LogP contribution in [0.1, 0.15) is 81.3 Å². The van der Waals surface area contributed by atoms with Gasteiger partial charge >= 0.3 is 18.1 Å². The van der Waals surface area contributed by atoms with Crippen molar-refractivity contribution < 1.29 is 68.0 Å². The molecule has 77 heavy (non-hydrogen) atoms. The third-order valence-corrected chi connectivity index (χ3v) is 12.7. The lowest BCUT2D eigenvalue weighted by Gasteiger charge is -2.34. The molecule has 1 aliphatic carbocycles. The van der Waals surface area contributed by atoms with Crippen molar-refractivity contribution in [2.45, 2.75) is 98.2 Å². The topological polar surface area (TPSA) is 255 Å². The Hall–Kier alpha value is -6.46. The first-order chi connectivity index (χ1) is 38.1. The molecule has 5 N–H and O–H groups in total.